The van der Waals surface area contributed by atoms with Crippen molar-refractivity contribution in [3.63, 3.8) is 0 Å². The molecule has 4 heteroatoms. The van der Waals surface area contributed by atoms with Crippen molar-refractivity contribution in [1.82, 2.24) is 5.32 Å². The summed E-state index contributed by atoms with van der Waals surface area (Å²) in [5.41, 5.74) is 1.23. The Balaban J connectivity index is 2.12. The number of benzene rings is 1. The Morgan fingerprint density at radius 1 is 1.33 bits per heavy atom. The summed E-state index contributed by atoms with van der Waals surface area (Å²) < 4.78 is 12.8. The zero-order valence-corrected chi connectivity index (χ0v) is 14.8. The molecule has 1 unspecified atom stereocenters. The Hall–Kier alpha value is -0.740. The molecular weight excluding hydrogens is 330 g/mol. The third kappa shape index (κ3) is 5.19. The van der Waals surface area contributed by atoms with E-state index in [1.807, 2.05) is 6.92 Å². The molecule has 21 heavy (non-hydrogen) atoms. The molecule has 1 aliphatic rings. The van der Waals surface area contributed by atoms with Crippen molar-refractivity contribution in [2.24, 2.45) is 0 Å². The molecule has 0 amide bonds. The maximum atomic E-state index is 6.07. The molecule has 0 radical (unpaired) electrons. The summed E-state index contributed by atoms with van der Waals surface area (Å²) in [6, 6.07) is 4.93. The van der Waals surface area contributed by atoms with Crippen LogP contribution < -0.4 is 14.8 Å². The van der Waals surface area contributed by atoms with E-state index in [4.69, 9.17) is 9.47 Å². The fourth-order valence-corrected chi connectivity index (χ4v) is 2.90. The molecule has 0 aliphatic heterocycles. The highest BCUT2D eigenvalue weighted by molar-refractivity contribution is 9.10. The van der Waals surface area contributed by atoms with E-state index in [2.05, 4.69) is 47.2 Å². The van der Waals surface area contributed by atoms with Gasteiger partial charge in [-0.1, -0.05) is 13.3 Å². The Morgan fingerprint density at radius 2 is 2.10 bits per heavy atom. The van der Waals surface area contributed by atoms with E-state index in [1.165, 1.54) is 18.4 Å². The molecular formula is C17H26BrNO2. The summed E-state index contributed by atoms with van der Waals surface area (Å²) in [4.78, 5) is 0. The highest BCUT2D eigenvalue weighted by atomic mass is 79.9. The first-order valence-corrected chi connectivity index (χ1v) is 8.78. The van der Waals surface area contributed by atoms with Crippen LogP contribution >= 0.6 is 15.9 Å². The van der Waals surface area contributed by atoms with Crippen molar-refractivity contribution in [2.75, 3.05) is 6.61 Å². The first kappa shape index (κ1) is 16.6. The van der Waals surface area contributed by atoms with Crippen LogP contribution in [0.5, 0.6) is 11.5 Å². The zero-order valence-electron chi connectivity index (χ0n) is 13.2. The molecule has 1 aliphatic carbocycles. The number of nitrogens with one attached hydrogen (secondary N) is 1. The highest BCUT2D eigenvalue weighted by Gasteiger charge is 2.21. The van der Waals surface area contributed by atoms with Crippen molar-refractivity contribution < 1.29 is 9.47 Å². The second-order valence-electron chi connectivity index (χ2n) is 5.71. The lowest BCUT2D eigenvalue weighted by Gasteiger charge is -2.19. The first-order valence-electron chi connectivity index (χ1n) is 7.99. The normalized spacial score (nSPS) is 15.8. The molecule has 2 rings (SSSR count). The fourth-order valence-electron chi connectivity index (χ4n) is 2.32. The molecule has 0 saturated heterocycles. The lowest BCUT2D eigenvalue weighted by Crippen LogP contribution is -2.16. The van der Waals surface area contributed by atoms with Crippen molar-refractivity contribution in [3.8, 4) is 11.5 Å². The second kappa shape index (κ2) is 8.04. The molecule has 1 aromatic carbocycles. The van der Waals surface area contributed by atoms with Crippen LogP contribution in [-0.2, 0) is 6.54 Å². The van der Waals surface area contributed by atoms with E-state index in [0.717, 1.165) is 35.4 Å². The Morgan fingerprint density at radius 3 is 2.71 bits per heavy atom. The third-order valence-electron chi connectivity index (χ3n) is 3.56. The first-order chi connectivity index (χ1) is 10.1. The van der Waals surface area contributed by atoms with E-state index in [-0.39, 0.29) is 6.10 Å². The minimum absolute atomic E-state index is 0.195. The average Bonchev–Trinajstić information content (AvgIpc) is 3.25. The lowest BCUT2D eigenvalue weighted by molar-refractivity contribution is 0.195. The van der Waals surface area contributed by atoms with E-state index < -0.39 is 0 Å². The molecule has 1 atom stereocenters. The maximum Gasteiger partial charge on any atom is 0.175 e. The van der Waals surface area contributed by atoms with Gasteiger partial charge in [0.15, 0.2) is 11.5 Å². The minimum Gasteiger partial charge on any atom is -0.490 e. The molecule has 1 fully saturated rings. The van der Waals surface area contributed by atoms with E-state index >= 15 is 0 Å². The van der Waals surface area contributed by atoms with Gasteiger partial charge < -0.3 is 14.8 Å². The van der Waals surface area contributed by atoms with E-state index in [9.17, 15) is 0 Å². The van der Waals surface area contributed by atoms with Gasteiger partial charge in [0.25, 0.3) is 0 Å². The van der Waals surface area contributed by atoms with E-state index in [0.29, 0.717) is 12.6 Å². The molecule has 118 valence electrons. The summed E-state index contributed by atoms with van der Waals surface area (Å²) in [5.74, 6) is 1.66. The van der Waals surface area contributed by atoms with Gasteiger partial charge >= 0.3 is 0 Å². The summed E-state index contributed by atoms with van der Waals surface area (Å²) in [6.45, 7) is 7.81. The van der Waals surface area contributed by atoms with Crippen molar-refractivity contribution in [3.05, 3.63) is 22.2 Å². The Bertz CT molecular complexity index is 460. The summed E-state index contributed by atoms with van der Waals surface area (Å²) in [5, 5.41) is 3.53. The third-order valence-corrected chi connectivity index (χ3v) is 4.14. The van der Waals surface area contributed by atoms with Crippen LogP contribution in [0.3, 0.4) is 0 Å². The monoisotopic (exact) mass is 355 g/mol. The van der Waals surface area contributed by atoms with Gasteiger partial charge in [-0.3, -0.25) is 0 Å². The standard InChI is InChI=1S/C17H26BrNO2/c1-4-6-12(3)21-17-15(18)9-13(10-16(17)20-5-2)11-19-14-7-8-14/h9-10,12,14,19H,4-8,11H2,1-3H3. The van der Waals surface area contributed by atoms with Crippen LogP contribution in [0.2, 0.25) is 0 Å². The van der Waals surface area contributed by atoms with Crippen molar-refractivity contribution in [1.29, 1.82) is 0 Å². The Labute approximate surface area is 136 Å². The van der Waals surface area contributed by atoms with E-state index in [1.54, 1.807) is 0 Å². The molecule has 0 heterocycles. The van der Waals surface area contributed by atoms with Crippen LogP contribution in [0.15, 0.2) is 16.6 Å². The summed E-state index contributed by atoms with van der Waals surface area (Å²) >= 11 is 3.64. The van der Waals surface area contributed by atoms with Gasteiger partial charge in [0.2, 0.25) is 0 Å². The predicted molar refractivity (Wildman–Crippen MR) is 90.2 cm³/mol. The van der Waals surface area contributed by atoms with Crippen LogP contribution in [0.4, 0.5) is 0 Å². The van der Waals surface area contributed by atoms with Gasteiger partial charge in [-0.05, 0) is 66.7 Å². The van der Waals surface area contributed by atoms with Gasteiger partial charge in [0.1, 0.15) is 0 Å². The highest BCUT2D eigenvalue weighted by Crippen LogP contribution is 2.38. The lowest BCUT2D eigenvalue weighted by atomic mass is 10.2. The van der Waals surface area contributed by atoms with Crippen LogP contribution in [-0.4, -0.2) is 18.8 Å². The molecule has 0 bridgehead atoms. The molecule has 1 aromatic rings. The van der Waals surface area contributed by atoms with Gasteiger partial charge in [-0.2, -0.15) is 0 Å². The number of halogens is 1. The SMILES string of the molecule is CCCC(C)Oc1c(Br)cc(CNC2CC2)cc1OCC. The van der Waals surface area contributed by atoms with Crippen LogP contribution in [0, 0.1) is 0 Å². The number of hydrogen-bond donors (Lipinski definition) is 1. The number of ether oxygens (including phenoxy) is 2. The predicted octanol–water partition coefficient (Wildman–Crippen LogP) is 4.67. The average molecular weight is 356 g/mol. The largest absolute Gasteiger partial charge is 0.490 e. The quantitative estimate of drug-likeness (QED) is 0.698. The van der Waals surface area contributed by atoms with Gasteiger partial charge in [-0.25, -0.2) is 0 Å². The summed E-state index contributed by atoms with van der Waals surface area (Å²) in [7, 11) is 0. The van der Waals surface area contributed by atoms with Gasteiger partial charge in [-0.15, -0.1) is 0 Å². The molecule has 3 nitrogen and oxygen atoms in total. The smallest absolute Gasteiger partial charge is 0.175 e. The second-order valence-corrected chi connectivity index (χ2v) is 6.56. The molecule has 1 saturated carbocycles. The van der Waals surface area contributed by atoms with Gasteiger partial charge in [0.05, 0.1) is 17.2 Å². The fraction of sp³-hybridized carbons (Fsp3) is 0.647. The topological polar surface area (TPSA) is 30.5 Å². The molecule has 0 aromatic heterocycles. The molecule has 1 N–H and O–H groups in total. The minimum atomic E-state index is 0.195. The van der Waals surface area contributed by atoms with Crippen LogP contribution in [0.1, 0.15) is 52.0 Å². The molecule has 0 spiro atoms. The van der Waals surface area contributed by atoms with Gasteiger partial charge in [0, 0.05) is 12.6 Å². The Kier molecular flexibility index (Phi) is 6.37. The number of rotatable bonds is 9. The van der Waals surface area contributed by atoms with Crippen LogP contribution in [0.25, 0.3) is 0 Å². The maximum absolute atomic E-state index is 6.07. The summed E-state index contributed by atoms with van der Waals surface area (Å²) in [6.07, 6.45) is 4.96. The number of hydrogen-bond acceptors (Lipinski definition) is 3. The van der Waals surface area contributed by atoms with Crippen molar-refractivity contribution >= 4 is 15.9 Å². The zero-order chi connectivity index (χ0) is 15.2. The van der Waals surface area contributed by atoms with Crippen molar-refractivity contribution in [2.45, 2.75) is 65.1 Å².